The highest BCUT2D eigenvalue weighted by molar-refractivity contribution is 6.32. The van der Waals surface area contributed by atoms with Crippen LogP contribution in [0.3, 0.4) is 0 Å². The summed E-state index contributed by atoms with van der Waals surface area (Å²) in [4.78, 5) is 22.6. The van der Waals surface area contributed by atoms with Gasteiger partial charge >= 0.3 is 12.1 Å². The SMILES string of the molecule is CCOC(=O)COc1cc(N(/N=C/C(=O)C(F)(F)F)c2ccccc2)c(F)cc1Cl. The lowest BCUT2D eigenvalue weighted by molar-refractivity contribution is -0.162. The fourth-order valence-electron chi connectivity index (χ4n) is 2.15. The average Bonchev–Trinajstić information content (AvgIpc) is 2.68. The van der Waals surface area contributed by atoms with Crippen LogP contribution in [0.1, 0.15) is 6.92 Å². The van der Waals surface area contributed by atoms with Crippen LogP contribution >= 0.6 is 11.6 Å². The van der Waals surface area contributed by atoms with E-state index in [-0.39, 0.29) is 35.0 Å². The number of carbonyl (C=O) groups excluding carboxylic acids is 2. The summed E-state index contributed by atoms with van der Waals surface area (Å²) in [6.45, 7) is 1.19. The maximum absolute atomic E-state index is 14.6. The molecule has 0 heterocycles. The van der Waals surface area contributed by atoms with Gasteiger partial charge in [-0.15, -0.1) is 0 Å². The number of rotatable bonds is 8. The molecule has 0 aromatic heterocycles. The third-order valence-corrected chi connectivity index (χ3v) is 3.75. The summed E-state index contributed by atoms with van der Waals surface area (Å²) in [6, 6.07) is 9.45. The number of anilines is 2. The smallest absolute Gasteiger partial charge is 0.455 e. The minimum absolute atomic E-state index is 0.0280. The molecular weight excluding hydrogens is 432 g/mol. The monoisotopic (exact) mass is 446 g/mol. The predicted molar refractivity (Wildman–Crippen MR) is 102 cm³/mol. The van der Waals surface area contributed by atoms with Crippen LogP contribution in [0, 0.1) is 5.82 Å². The molecule has 2 rings (SSSR count). The van der Waals surface area contributed by atoms with E-state index in [1.807, 2.05) is 0 Å². The van der Waals surface area contributed by atoms with Gasteiger partial charge in [0.2, 0.25) is 0 Å². The fraction of sp³-hybridized carbons (Fsp3) is 0.211. The molecule has 0 saturated heterocycles. The highest BCUT2D eigenvalue weighted by Crippen LogP contribution is 2.36. The van der Waals surface area contributed by atoms with Crippen molar-refractivity contribution in [2.45, 2.75) is 13.1 Å². The van der Waals surface area contributed by atoms with Crippen molar-refractivity contribution in [2.24, 2.45) is 5.10 Å². The van der Waals surface area contributed by atoms with Crippen molar-refractivity contribution < 1.29 is 36.6 Å². The van der Waals surface area contributed by atoms with Crippen molar-refractivity contribution in [2.75, 3.05) is 18.2 Å². The second kappa shape index (κ2) is 10.1. The molecule has 0 fully saturated rings. The van der Waals surface area contributed by atoms with Crippen LogP contribution in [0.25, 0.3) is 0 Å². The van der Waals surface area contributed by atoms with Crippen molar-refractivity contribution in [1.82, 2.24) is 0 Å². The van der Waals surface area contributed by atoms with Crippen LogP contribution in [-0.4, -0.2) is 37.4 Å². The number of nitrogens with zero attached hydrogens (tertiary/aromatic N) is 2. The van der Waals surface area contributed by atoms with Gasteiger partial charge in [0.1, 0.15) is 17.7 Å². The Bertz CT molecular complexity index is 936. The van der Waals surface area contributed by atoms with Gasteiger partial charge in [-0.3, -0.25) is 4.79 Å². The van der Waals surface area contributed by atoms with E-state index in [4.69, 9.17) is 21.1 Å². The second-order valence-corrected chi connectivity index (χ2v) is 5.99. The zero-order valence-corrected chi connectivity index (χ0v) is 16.2. The van der Waals surface area contributed by atoms with Gasteiger partial charge in [0.05, 0.1) is 17.3 Å². The van der Waals surface area contributed by atoms with Gasteiger partial charge in [-0.1, -0.05) is 29.8 Å². The highest BCUT2D eigenvalue weighted by atomic mass is 35.5. The summed E-state index contributed by atoms with van der Waals surface area (Å²) >= 11 is 5.92. The van der Waals surface area contributed by atoms with Crippen LogP contribution in [-0.2, 0) is 14.3 Å². The van der Waals surface area contributed by atoms with Gasteiger partial charge in [-0.25, -0.2) is 14.2 Å². The molecule has 0 aliphatic rings. The molecule has 0 unspecified atom stereocenters. The molecule has 30 heavy (non-hydrogen) atoms. The average molecular weight is 447 g/mol. The summed E-state index contributed by atoms with van der Waals surface area (Å²) in [5, 5.41) is 4.07. The largest absolute Gasteiger partial charge is 0.480 e. The summed E-state index contributed by atoms with van der Waals surface area (Å²) < 4.78 is 62.1. The zero-order valence-electron chi connectivity index (χ0n) is 15.5. The first-order valence-corrected chi connectivity index (χ1v) is 8.79. The van der Waals surface area contributed by atoms with E-state index in [9.17, 15) is 27.2 Å². The van der Waals surface area contributed by atoms with Gasteiger partial charge in [0, 0.05) is 6.07 Å². The molecular formula is C19H15ClF4N2O4. The van der Waals surface area contributed by atoms with E-state index < -0.39 is 30.4 Å². The lowest BCUT2D eigenvalue weighted by atomic mass is 10.2. The van der Waals surface area contributed by atoms with E-state index in [0.29, 0.717) is 0 Å². The van der Waals surface area contributed by atoms with Crippen LogP contribution in [0.4, 0.5) is 28.9 Å². The molecule has 0 spiro atoms. The minimum atomic E-state index is -5.14. The van der Waals surface area contributed by atoms with Crippen molar-refractivity contribution in [3.05, 3.63) is 53.3 Å². The normalized spacial score (nSPS) is 11.4. The van der Waals surface area contributed by atoms with E-state index in [1.165, 1.54) is 24.3 Å². The topological polar surface area (TPSA) is 68.2 Å². The van der Waals surface area contributed by atoms with Gasteiger partial charge in [-0.2, -0.15) is 18.3 Å². The summed E-state index contributed by atoms with van der Waals surface area (Å²) in [5.74, 6) is -4.02. The highest BCUT2D eigenvalue weighted by Gasteiger charge is 2.37. The third-order valence-electron chi connectivity index (χ3n) is 3.45. The van der Waals surface area contributed by atoms with E-state index in [1.54, 1.807) is 13.0 Å². The van der Waals surface area contributed by atoms with Crippen molar-refractivity contribution in [1.29, 1.82) is 0 Å². The van der Waals surface area contributed by atoms with E-state index in [0.717, 1.165) is 17.1 Å². The molecule has 0 atom stereocenters. The molecule has 0 amide bonds. The molecule has 11 heteroatoms. The quantitative estimate of drug-likeness (QED) is 0.255. The maximum atomic E-state index is 14.6. The van der Waals surface area contributed by atoms with Gasteiger partial charge in [0.15, 0.2) is 12.4 Å². The lowest BCUT2D eigenvalue weighted by Gasteiger charge is -2.21. The van der Waals surface area contributed by atoms with Gasteiger partial charge in [0.25, 0.3) is 5.78 Å². The fourth-order valence-corrected chi connectivity index (χ4v) is 2.36. The Labute approximate surface area is 173 Å². The van der Waals surface area contributed by atoms with Crippen LogP contribution in [0.2, 0.25) is 5.02 Å². The predicted octanol–water partition coefficient (Wildman–Crippen LogP) is 4.68. The number of Topliss-reactive ketones (excluding diaryl/α,β-unsaturated/α-hetero) is 1. The minimum Gasteiger partial charge on any atom is -0.480 e. The molecule has 0 saturated carbocycles. The van der Waals surface area contributed by atoms with Crippen molar-refractivity contribution >= 4 is 40.9 Å². The molecule has 2 aromatic rings. The molecule has 2 aromatic carbocycles. The zero-order chi connectivity index (χ0) is 22.3. The number of para-hydroxylation sites is 1. The van der Waals surface area contributed by atoms with Crippen LogP contribution < -0.4 is 9.75 Å². The summed E-state index contributed by atoms with van der Waals surface area (Å²) in [5.41, 5.74) is -0.211. The number of benzene rings is 2. The second-order valence-electron chi connectivity index (χ2n) is 5.58. The molecule has 0 N–H and O–H groups in total. The number of ketones is 1. The Balaban J connectivity index is 2.44. The molecule has 160 valence electrons. The number of esters is 1. The number of alkyl halides is 3. The van der Waals surface area contributed by atoms with E-state index in [2.05, 4.69) is 5.10 Å². The number of hydrazone groups is 1. The first-order chi connectivity index (χ1) is 14.1. The first kappa shape index (κ1) is 23.1. The molecule has 6 nitrogen and oxygen atoms in total. The van der Waals surface area contributed by atoms with E-state index >= 15 is 0 Å². The number of hydrogen-bond acceptors (Lipinski definition) is 6. The molecule has 0 radical (unpaired) electrons. The number of hydrogen-bond donors (Lipinski definition) is 0. The maximum Gasteiger partial charge on any atom is 0.455 e. The molecule has 0 aliphatic heterocycles. The Kier molecular flexibility index (Phi) is 7.76. The molecule has 0 bridgehead atoms. The third kappa shape index (κ3) is 6.18. The van der Waals surface area contributed by atoms with Crippen LogP contribution in [0.5, 0.6) is 5.75 Å². The standard InChI is InChI=1S/C19H15ClF4N2O4/c1-2-29-18(28)11-30-16-9-15(14(21)8-13(16)20)26(12-6-4-3-5-7-12)25-10-17(27)19(22,23)24/h3-10H,2,11H2,1H3/b25-10+. The Morgan fingerprint density at radius 1 is 1.20 bits per heavy atom. The van der Waals surface area contributed by atoms with Crippen molar-refractivity contribution in [3.63, 3.8) is 0 Å². The van der Waals surface area contributed by atoms with Crippen LogP contribution in [0.15, 0.2) is 47.6 Å². The Hall–Kier alpha value is -3.14. The number of ether oxygens (including phenoxy) is 2. The Morgan fingerprint density at radius 2 is 1.87 bits per heavy atom. The number of halogens is 5. The number of carbonyl (C=O) groups is 2. The Morgan fingerprint density at radius 3 is 2.47 bits per heavy atom. The van der Waals surface area contributed by atoms with Gasteiger partial charge in [-0.05, 0) is 25.1 Å². The van der Waals surface area contributed by atoms with Gasteiger partial charge < -0.3 is 9.47 Å². The molecule has 0 aliphatic carbocycles. The lowest BCUT2D eigenvalue weighted by Crippen LogP contribution is -2.25. The van der Waals surface area contributed by atoms with Crippen molar-refractivity contribution in [3.8, 4) is 5.75 Å². The summed E-state index contributed by atoms with van der Waals surface area (Å²) in [6.07, 6.45) is -5.11. The summed E-state index contributed by atoms with van der Waals surface area (Å²) in [7, 11) is 0. The first-order valence-electron chi connectivity index (χ1n) is 8.41.